The Bertz CT molecular complexity index is 271. The highest BCUT2D eigenvalue weighted by Gasteiger charge is 2.25. The predicted octanol–water partition coefficient (Wildman–Crippen LogP) is 2.43. The number of carbonyl (C=O) groups excluding carboxylic acids is 1. The van der Waals surface area contributed by atoms with Gasteiger partial charge in [0.15, 0.2) is 0 Å². The van der Waals surface area contributed by atoms with Crippen molar-refractivity contribution in [3.8, 4) is 0 Å². The fourth-order valence-corrected chi connectivity index (χ4v) is 2.25. The van der Waals surface area contributed by atoms with Gasteiger partial charge in [-0.25, -0.2) is 0 Å². The molecule has 2 N–H and O–H groups in total. The molecule has 1 aliphatic rings. The van der Waals surface area contributed by atoms with Crippen molar-refractivity contribution in [2.45, 2.75) is 44.7 Å². The molecule has 4 heteroatoms. The lowest BCUT2D eigenvalue weighted by molar-refractivity contribution is -0.125. The standard InChI is InChI=1S/C14H24N2O.ClH/c1-4-7-12(8-5-2)14(17)16-13-9-6-10-15-11(13)3;/h4-5,11-13,15H,1-2,6-10H2,3H3,(H,16,17);1H. The number of nitrogens with one attached hydrogen (secondary N) is 2. The van der Waals surface area contributed by atoms with Crippen molar-refractivity contribution in [2.75, 3.05) is 6.54 Å². The van der Waals surface area contributed by atoms with Gasteiger partial charge in [-0.2, -0.15) is 0 Å². The lowest BCUT2D eigenvalue weighted by Crippen LogP contribution is -2.53. The lowest BCUT2D eigenvalue weighted by Gasteiger charge is -2.31. The minimum atomic E-state index is -0.0147. The molecule has 1 amide bonds. The number of hydrogen-bond acceptors (Lipinski definition) is 2. The first-order valence-corrected chi connectivity index (χ1v) is 6.44. The molecule has 1 fully saturated rings. The maximum absolute atomic E-state index is 12.1. The molecule has 0 aliphatic carbocycles. The largest absolute Gasteiger partial charge is 0.352 e. The Morgan fingerprint density at radius 2 is 2.06 bits per heavy atom. The summed E-state index contributed by atoms with van der Waals surface area (Å²) in [5.74, 6) is 0.115. The van der Waals surface area contributed by atoms with Gasteiger partial charge in [0.25, 0.3) is 0 Å². The third-order valence-electron chi connectivity index (χ3n) is 3.36. The van der Waals surface area contributed by atoms with Crippen LogP contribution in [0, 0.1) is 5.92 Å². The molecule has 2 unspecified atom stereocenters. The number of carbonyl (C=O) groups is 1. The highest BCUT2D eigenvalue weighted by molar-refractivity contribution is 5.85. The fraction of sp³-hybridized carbons (Fsp3) is 0.643. The number of amides is 1. The van der Waals surface area contributed by atoms with Gasteiger partial charge in [-0.1, -0.05) is 12.2 Å². The van der Waals surface area contributed by atoms with E-state index >= 15 is 0 Å². The first-order valence-electron chi connectivity index (χ1n) is 6.44. The quantitative estimate of drug-likeness (QED) is 0.729. The summed E-state index contributed by atoms with van der Waals surface area (Å²) >= 11 is 0. The predicted molar refractivity (Wildman–Crippen MR) is 79.0 cm³/mol. The molecule has 1 rings (SSSR count). The summed E-state index contributed by atoms with van der Waals surface area (Å²) in [6.45, 7) is 10.6. The average molecular weight is 273 g/mol. The molecular formula is C14H25ClN2O. The topological polar surface area (TPSA) is 41.1 Å². The number of allylic oxidation sites excluding steroid dienone is 2. The second kappa shape index (κ2) is 9.17. The highest BCUT2D eigenvalue weighted by atomic mass is 35.5. The van der Waals surface area contributed by atoms with E-state index in [4.69, 9.17) is 0 Å². The zero-order chi connectivity index (χ0) is 12.7. The third-order valence-corrected chi connectivity index (χ3v) is 3.36. The van der Waals surface area contributed by atoms with Crippen LogP contribution < -0.4 is 10.6 Å². The summed E-state index contributed by atoms with van der Waals surface area (Å²) < 4.78 is 0. The Kier molecular flexibility index (Phi) is 8.77. The fourth-order valence-electron chi connectivity index (χ4n) is 2.25. The summed E-state index contributed by atoms with van der Waals surface area (Å²) in [5.41, 5.74) is 0. The van der Waals surface area contributed by atoms with Gasteiger partial charge < -0.3 is 10.6 Å². The van der Waals surface area contributed by atoms with Crippen molar-refractivity contribution in [1.29, 1.82) is 0 Å². The molecule has 0 aromatic heterocycles. The molecular weight excluding hydrogens is 248 g/mol. The molecule has 0 radical (unpaired) electrons. The number of halogens is 1. The van der Waals surface area contributed by atoms with Crippen LogP contribution in [-0.2, 0) is 4.79 Å². The molecule has 1 saturated heterocycles. The van der Waals surface area contributed by atoms with Gasteiger partial charge in [-0.15, -0.1) is 25.6 Å². The van der Waals surface area contributed by atoms with E-state index in [1.165, 1.54) is 0 Å². The second-order valence-corrected chi connectivity index (χ2v) is 4.75. The van der Waals surface area contributed by atoms with Crippen LogP contribution in [0.3, 0.4) is 0 Å². The molecule has 0 spiro atoms. The summed E-state index contributed by atoms with van der Waals surface area (Å²) in [6.07, 6.45) is 7.23. The molecule has 104 valence electrons. The van der Waals surface area contributed by atoms with Crippen molar-refractivity contribution in [3.05, 3.63) is 25.3 Å². The number of piperidine rings is 1. The maximum Gasteiger partial charge on any atom is 0.224 e. The molecule has 1 heterocycles. The van der Waals surface area contributed by atoms with E-state index in [0.29, 0.717) is 18.9 Å². The van der Waals surface area contributed by atoms with E-state index in [1.807, 2.05) is 0 Å². The SMILES string of the molecule is C=CCC(CC=C)C(=O)NC1CCCNC1C.Cl. The third kappa shape index (κ3) is 5.23. The summed E-state index contributed by atoms with van der Waals surface area (Å²) in [4.78, 5) is 12.1. The smallest absolute Gasteiger partial charge is 0.224 e. The molecule has 0 saturated carbocycles. The number of hydrogen-bond donors (Lipinski definition) is 2. The van der Waals surface area contributed by atoms with Crippen molar-refractivity contribution in [2.24, 2.45) is 5.92 Å². The van der Waals surface area contributed by atoms with E-state index in [-0.39, 0.29) is 30.3 Å². The zero-order valence-electron chi connectivity index (χ0n) is 11.2. The molecule has 0 aromatic rings. The van der Waals surface area contributed by atoms with Crippen LogP contribution in [0.4, 0.5) is 0 Å². The van der Waals surface area contributed by atoms with Crippen LogP contribution in [0.2, 0.25) is 0 Å². The van der Waals surface area contributed by atoms with E-state index in [1.54, 1.807) is 12.2 Å². The van der Waals surface area contributed by atoms with Gasteiger partial charge in [0.1, 0.15) is 0 Å². The Morgan fingerprint density at radius 1 is 1.44 bits per heavy atom. The van der Waals surface area contributed by atoms with Gasteiger partial charge in [0.2, 0.25) is 5.91 Å². The van der Waals surface area contributed by atoms with Gasteiger partial charge >= 0.3 is 0 Å². The molecule has 3 nitrogen and oxygen atoms in total. The van der Waals surface area contributed by atoms with Crippen LogP contribution in [0.1, 0.15) is 32.6 Å². The maximum atomic E-state index is 12.1. The van der Waals surface area contributed by atoms with E-state index in [9.17, 15) is 4.79 Å². The molecule has 2 atom stereocenters. The zero-order valence-corrected chi connectivity index (χ0v) is 12.0. The lowest BCUT2D eigenvalue weighted by atomic mass is 9.96. The van der Waals surface area contributed by atoms with Gasteiger partial charge in [-0.3, -0.25) is 4.79 Å². The minimum absolute atomic E-state index is 0. The van der Waals surface area contributed by atoms with E-state index in [2.05, 4.69) is 30.7 Å². The summed E-state index contributed by atoms with van der Waals surface area (Å²) in [6, 6.07) is 0.620. The van der Waals surface area contributed by atoms with Gasteiger partial charge in [0, 0.05) is 18.0 Å². The summed E-state index contributed by atoms with van der Waals surface area (Å²) in [7, 11) is 0. The van der Waals surface area contributed by atoms with Crippen molar-refractivity contribution in [1.82, 2.24) is 10.6 Å². The molecule has 0 aromatic carbocycles. The first kappa shape index (κ1) is 17.2. The van der Waals surface area contributed by atoms with Crippen molar-refractivity contribution < 1.29 is 4.79 Å². The van der Waals surface area contributed by atoms with Crippen LogP contribution in [0.15, 0.2) is 25.3 Å². The molecule has 18 heavy (non-hydrogen) atoms. The van der Waals surface area contributed by atoms with Crippen molar-refractivity contribution in [3.63, 3.8) is 0 Å². The van der Waals surface area contributed by atoms with Crippen LogP contribution in [-0.4, -0.2) is 24.5 Å². The normalized spacial score (nSPS) is 23.0. The Labute approximate surface area is 117 Å². The Balaban J connectivity index is 0.00000289. The van der Waals surface area contributed by atoms with Crippen LogP contribution in [0.5, 0.6) is 0 Å². The van der Waals surface area contributed by atoms with E-state index in [0.717, 1.165) is 19.4 Å². The Morgan fingerprint density at radius 3 is 2.56 bits per heavy atom. The highest BCUT2D eigenvalue weighted by Crippen LogP contribution is 2.13. The van der Waals surface area contributed by atoms with Gasteiger partial charge in [-0.05, 0) is 39.2 Å². The molecule has 1 aliphatic heterocycles. The van der Waals surface area contributed by atoms with Gasteiger partial charge in [0.05, 0.1) is 0 Å². The van der Waals surface area contributed by atoms with Crippen LogP contribution >= 0.6 is 12.4 Å². The Hall–Kier alpha value is -0.800. The summed E-state index contributed by atoms with van der Waals surface area (Å²) in [5, 5.41) is 6.53. The molecule has 0 bridgehead atoms. The van der Waals surface area contributed by atoms with Crippen LogP contribution in [0.25, 0.3) is 0 Å². The second-order valence-electron chi connectivity index (χ2n) is 4.75. The monoisotopic (exact) mass is 272 g/mol. The average Bonchev–Trinajstić information content (AvgIpc) is 2.32. The van der Waals surface area contributed by atoms with E-state index < -0.39 is 0 Å². The minimum Gasteiger partial charge on any atom is -0.352 e. The van der Waals surface area contributed by atoms with Crippen molar-refractivity contribution >= 4 is 18.3 Å². The first-order chi connectivity index (χ1) is 8.19. The number of rotatable bonds is 6.